The van der Waals surface area contributed by atoms with E-state index in [1.807, 2.05) is 12.1 Å². The molecule has 3 heteroatoms. The van der Waals surface area contributed by atoms with E-state index < -0.39 is 0 Å². The van der Waals surface area contributed by atoms with Crippen LogP contribution in [-0.4, -0.2) is 9.13 Å². The highest BCUT2D eigenvalue weighted by atomic mass is 16.3. The smallest absolute Gasteiger partial charge is 0.137 e. The SMILES string of the molecule is c1ccc(-n2c3ccccc3c3cc(-c4ccc5c(c4)c4cc6ccccc6cc4n5-c4ccc5c(c4)oc4ccccc45)ccc32)cc1. The largest absolute Gasteiger partial charge is 0.456 e. The monoisotopic (exact) mass is 624 g/mol. The molecule has 228 valence electrons. The van der Waals surface area contributed by atoms with E-state index in [4.69, 9.17) is 4.42 Å². The van der Waals surface area contributed by atoms with Gasteiger partial charge in [0.05, 0.1) is 22.1 Å². The Hall–Kier alpha value is -6.58. The highest BCUT2D eigenvalue weighted by Crippen LogP contribution is 2.40. The van der Waals surface area contributed by atoms with Crippen molar-refractivity contribution in [2.75, 3.05) is 0 Å². The second kappa shape index (κ2) is 9.96. The standard InChI is InChI=1S/C46H28N2O/c1-2-12-33(13-3-1)47-41-16-8-6-14-35(41)38-25-31(18-22-42(38)47)32-19-23-43-39(26-32)40-24-29-10-4-5-11-30(29)27-44(40)48(43)34-20-21-37-36-15-7-9-17-45(36)49-46(37)28-34/h1-28H. The number of nitrogens with zero attached hydrogens (tertiary/aromatic N) is 2. The Morgan fingerprint density at radius 1 is 0.306 bits per heavy atom. The van der Waals surface area contributed by atoms with Crippen molar-refractivity contribution < 1.29 is 4.42 Å². The van der Waals surface area contributed by atoms with Gasteiger partial charge >= 0.3 is 0 Å². The van der Waals surface area contributed by atoms with Gasteiger partial charge in [-0.3, -0.25) is 0 Å². The Labute approximate surface area is 281 Å². The maximum atomic E-state index is 6.34. The molecule has 11 rings (SSSR count). The van der Waals surface area contributed by atoms with Crippen molar-refractivity contribution in [2.24, 2.45) is 0 Å². The minimum atomic E-state index is 0.897. The molecule has 0 bridgehead atoms. The number of hydrogen-bond acceptors (Lipinski definition) is 1. The van der Waals surface area contributed by atoms with Crippen LogP contribution in [0.5, 0.6) is 0 Å². The second-order valence-electron chi connectivity index (χ2n) is 13.0. The van der Waals surface area contributed by atoms with Gasteiger partial charge in [-0.15, -0.1) is 0 Å². The molecule has 0 radical (unpaired) electrons. The number of para-hydroxylation sites is 3. The van der Waals surface area contributed by atoms with Crippen molar-refractivity contribution in [3.05, 3.63) is 170 Å². The van der Waals surface area contributed by atoms with Gasteiger partial charge in [0, 0.05) is 49.8 Å². The zero-order valence-corrected chi connectivity index (χ0v) is 26.5. The van der Waals surface area contributed by atoms with Gasteiger partial charge in [0.2, 0.25) is 0 Å². The Balaban J connectivity index is 1.15. The Bertz CT molecular complexity index is 3100. The second-order valence-corrected chi connectivity index (χ2v) is 13.0. The van der Waals surface area contributed by atoms with E-state index in [1.54, 1.807) is 0 Å². The molecule has 0 fully saturated rings. The number of furan rings is 1. The predicted molar refractivity (Wildman–Crippen MR) is 205 cm³/mol. The fraction of sp³-hybridized carbons (Fsp3) is 0. The van der Waals surface area contributed by atoms with Crippen LogP contribution >= 0.6 is 0 Å². The number of rotatable bonds is 3. The first-order valence-electron chi connectivity index (χ1n) is 16.8. The van der Waals surface area contributed by atoms with Crippen molar-refractivity contribution >= 4 is 76.3 Å². The summed E-state index contributed by atoms with van der Waals surface area (Å²) in [6.45, 7) is 0. The van der Waals surface area contributed by atoms with Crippen molar-refractivity contribution in [1.29, 1.82) is 0 Å². The molecule has 0 N–H and O–H groups in total. The van der Waals surface area contributed by atoms with Crippen LogP contribution in [0.4, 0.5) is 0 Å². The van der Waals surface area contributed by atoms with Crippen LogP contribution in [0.1, 0.15) is 0 Å². The van der Waals surface area contributed by atoms with Crippen LogP contribution in [0.2, 0.25) is 0 Å². The Kier molecular flexibility index (Phi) is 5.38. The lowest BCUT2D eigenvalue weighted by Gasteiger charge is -2.09. The summed E-state index contributed by atoms with van der Waals surface area (Å²) in [5.74, 6) is 0. The zero-order chi connectivity index (χ0) is 32.1. The van der Waals surface area contributed by atoms with Crippen molar-refractivity contribution in [3.63, 3.8) is 0 Å². The fourth-order valence-corrected chi connectivity index (χ4v) is 8.02. The molecule has 8 aromatic carbocycles. The zero-order valence-electron chi connectivity index (χ0n) is 26.5. The summed E-state index contributed by atoms with van der Waals surface area (Å²) < 4.78 is 11.1. The predicted octanol–water partition coefficient (Wildman–Crippen LogP) is 12.6. The molecule has 0 amide bonds. The van der Waals surface area contributed by atoms with Gasteiger partial charge in [0.1, 0.15) is 11.2 Å². The summed E-state index contributed by atoms with van der Waals surface area (Å²) in [4.78, 5) is 0. The molecule has 0 saturated carbocycles. The van der Waals surface area contributed by atoms with E-state index >= 15 is 0 Å². The van der Waals surface area contributed by atoms with Crippen molar-refractivity contribution in [3.8, 4) is 22.5 Å². The molecule has 0 unspecified atom stereocenters. The molecule has 3 aromatic heterocycles. The van der Waals surface area contributed by atoms with E-state index in [-0.39, 0.29) is 0 Å². The first-order chi connectivity index (χ1) is 24.3. The van der Waals surface area contributed by atoms with Crippen LogP contribution in [-0.2, 0) is 0 Å². The molecule has 0 saturated heterocycles. The van der Waals surface area contributed by atoms with Gasteiger partial charge in [-0.05, 0) is 94.7 Å². The lowest BCUT2D eigenvalue weighted by Crippen LogP contribution is -1.93. The highest BCUT2D eigenvalue weighted by Gasteiger charge is 2.18. The van der Waals surface area contributed by atoms with E-state index in [1.165, 1.54) is 71.2 Å². The molecule has 3 nitrogen and oxygen atoms in total. The van der Waals surface area contributed by atoms with Gasteiger partial charge in [-0.25, -0.2) is 0 Å². The molecule has 49 heavy (non-hydrogen) atoms. The van der Waals surface area contributed by atoms with Crippen LogP contribution < -0.4 is 0 Å². The van der Waals surface area contributed by atoms with E-state index in [0.29, 0.717) is 0 Å². The summed E-state index contributed by atoms with van der Waals surface area (Å²) in [6, 6.07) is 61.4. The molecule has 0 aliphatic carbocycles. The average molecular weight is 625 g/mol. The van der Waals surface area contributed by atoms with E-state index in [2.05, 4.69) is 167 Å². The summed E-state index contributed by atoms with van der Waals surface area (Å²) in [5.41, 5.74) is 11.3. The number of hydrogen-bond donors (Lipinski definition) is 0. The van der Waals surface area contributed by atoms with Gasteiger partial charge < -0.3 is 13.6 Å². The lowest BCUT2D eigenvalue weighted by atomic mass is 10.00. The van der Waals surface area contributed by atoms with Gasteiger partial charge in [-0.1, -0.05) is 91.0 Å². The van der Waals surface area contributed by atoms with Crippen LogP contribution in [0.3, 0.4) is 0 Å². The molecule has 3 heterocycles. The minimum Gasteiger partial charge on any atom is -0.456 e. The maximum Gasteiger partial charge on any atom is 0.137 e. The minimum absolute atomic E-state index is 0.897. The van der Waals surface area contributed by atoms with E-state index in [9.17, 15) is 0 Å². The molecule has 11 aromatic rings. The first kappa shape index (κ1) is 26.5. The Morgan fingerprint density at radius 2 is 0.878 bits per heavy atom. The van der Waals surface area contributed by atoms with Crippen molar-refractivity contribution in [1.82, 2.24) is 9.13 Å². The Morgan fingerprint density at radius 3 is 1.67 bits per heavy atom. The third-order valence-corrected chi connectivity index (χ3v) is 10.3. The number of benzene rings is 8. The molecule has 0 atom stereocenters. The third kappa shape index (κ3) is 3.84. The average Bonchev–Trinajstić information content (AvgIpc) is 3.80. The molecule has 0 spiro atoms. The third-order valence-electron chi connectivity index (χ3n) is 10.3. The maximum absolute atomic E-state index is 6.34. The topological polar surface area (TPSA) is 23.0 Å². The normalized spacial score (nSPS) is 12.1. The summed E-state index contributed by atoms with van der Waals surface area (Å²) in [6.07, 6.45) is 0. The van der Waals surface area contributed by atoms with Crippen LogP contribution in [0.25, 0.3) is 98.8 Å². The quantitative estimate of drug-likeness (QED) is 0.192. The van der Waals surface area contributed by atoms with Gasteiger partial charge in [-0.2, -0.15) is 0 Å². The molecule has 0 aliphatic heterocycles. The lowest BCUT2D eigenvalue weighted by molar-refractivity contribution is 0.668. The van der Waals surface area contributed by atoms with Gasteiger partial charge in [0.25, 0.3) is 0 Å². The van der Waals surface area contributed by atoms with Crippen LogP contribution in [0.15, 0.2) is 174 Å². The summed E-state index contributed by atoms with van der Waals surface area (Å²) >= 11 is 0. The summed E-state index contributed by atoms with van der Waals surface area (Å²) in [7, 11) is 0. The summed E-state index contributed by atoms with van der Waals surface area (Å²) in [5, 5.41) is 9.73. The molecular formula is C46H28N2O. The number of aromatic nitrogens is 2. The highest BCUT2D eigenvalue weighted by molar-refractivity contribution is 6.16. The number of fused-ring (bicyclic) bond motifs is 10. The van der Waals surface area contributed by atoms with Gasteiger partial charge in [0.15, 0.2) is 0 Å². The molecular weight excluding hydrogens is 597 g/mol. The molecule has 0 aliphatic rings. The fourth-order valence-electron chi connectivity index (χ4n) is 8.02. The van der Waals surface area contributed by atoms with Crippen LogP contribution in [0, 0.1) is 0 Å². The first-order valence-corrected chi connectivity index (χ1v) is 16.8. The van der Waals surface area contributed by atoms with E-state index in [0.717, 1.165) is 27.6 Å². The van der Waals surface area contributed by atoms with Crippen molar-refractivity contribution in [2.45, 2.75) is 0 Å².